The van der Waals surface area contributed by atoms with Gasteiger partial charge in [-0.05, 0) is 50.8 Å². The number of methoxy groups -OCH3 is 1. The zero-order valence-electron chi connectivity index (χ0n) is 17.3. The first kappa shape index (κ1) is 21.9. The van der Waals surface area contributed by atoms with Crippen LogP contribution in [0.25, 0.3) is 5.76 Å². The Bertz CT molecular complexity index is 972. The molecule has 6 nitrogen and oxygen atoms in total. The SMILES string of the molecule is COc1ccc(Cl)cc1/C(O)=C1\C(=O)C(=O)N(CCCN(C)C)C1c1ccccc1. The molecule has 2 aromatic carbocycles. The minimum absolute atomic E-state index is 0.0385. The highest BCUT2D eigenvalue weighted by atomic mass is 35.5. The molecule has 1 heterocycles. The van der Waals surface area contributed by atoms with Gasteiger partial charge in [-0.2, -0.15) is 0 Å². The van der Waals surface area contributed by atoms with Crippen molar-refractivity contribution in [1.29, 1.82) is 0 Å². The van der Waals surface area contributed by atoms with Crippen molar-refractivity contribution < 1.29 is 19.4 Å². The van der Waals surface area contributed by atoms with Crippen molar-refractivity contribution in [2.24, 2.45) is 0 Å². The lowest BCUT2D eigenvalue weighted by atomic mass is 9.95. The third-order valence-corrected chi connectivity index (χ3v) is 5.31. The molecule has 2 aromatic rings. The van der Waals surface area contributed by atoms with Crippen LogP contribution in [0.3, 0.4) is 0 Å². The van der Waals surface area contributed by atoms with Crippen LogP contribution in [0.4, 0.5) is 0 Å². The maximum absolute atomic E-state index is 13.0. The zero-order valence-corrected chi connectivity index (χ0v) is 18.0. The standard InChI is InChI=1S/C23H25ClN2O4/c1-25(2)12-7-13-26-20(15-8-5-4-6-9-15)19(22(28)23(26)29)21(27)17-14-16(24)10-11-18(17)30-3/h4-6,8-11,14,20,27H,7,12-13H2,1-3H3/b21-19+. The molecule has 1 amide bonds. The van der Waals surface area contributed by atoms with E-state index in [0.29, 0.717) is 23.7 Å². The average molecular weight is 429 g/mol. The number of carbonyl (C=O) groups excluding carboxylic acids is 2. The Labute approximate surface area is 181 Å². The summed E-state index contributed by atoms with van der Waals surface area (Å²) in [4.78, 5) is 29.4. The molecule has 1 saturated heterocycles. The van der Waals surface area contributed by atoms with Crippen LogP contribution in [-0.4, -0.2) is 60.9 Å². The minimum Gasteiger partial charge on any atom is -0.507 e. The lowest BCUT2D eigenvalue weighted by Gasteiger charge is -2.26. The molecule has 0 saturated carbocycles. The second-order valence-corrected chi connectivity index (χ2v) is 7.84. The van der Waals surface area contributed by atoms with Crippen LogP contribution in [0.2, 0.25) is 5.02 Å². The smallest absolute Gasteiger partial charge is 0.295 e. The summed E-state index contributed by atoms with van der Waals surface area (Å²) in [5.41, 5.74) is 1.07. The average Bonchev–Trinajstić information content (AvgIpc) is 2.98. The molecule has 1 aliphatic heterocycles. The molecule has 3 rings (SSSR count). The van der Waals surface area contributed by atoms with Gasteiger partial charge in [0.05, 0.1) is 24.3 Å². The number of amides is 1. The van der Waals surface area contributed by atoms with Gasteiger partial charge >= 0.3 is 0 Å². The number of carbonyl (C=O) groups is 2. The molecule has 1 atom stereocenters. The molecule has 1 aliphatic rings. The number of nitrogens with zero attached hydrogens (tertiary/aromatic N) is 2. The van der Waals surface area contributed by atoms with Gasteiger partial charge in [0.1, 0.15) is 11.5 Å². The fraction of sp³-hybridized carbons (Fsp3) is 0.304. The van der Waals surface area contributed by atoms with E-state index >= 15 is 0 Å². The number of halogens is 1. The highest BCUT2D eigenvalue weighted by molar-refractivity contribution is 6.46. The van der Waals surface area contributed by atoms with Crippen molar-refractivity contribution in [3.63, 3.8) is 0 Å². The normalized spacial score (nSPS) is 18.3. The molecule has 0 bridgehead atoms. The first-order valence-electron chi connectivity index (χ1n) is 9.67. The van der Waals surface area contributed by atoms with Crippen molar-refractivity contribution in [2.75, 3.05) is 34.3 Å². The van der Waals surface area contributed by atoms with Crippen LogP contribution >= 0.6 is 11.6 Å². The number of hydrogen-bond donors (Lipinski definition) is 1. The highest BCUT2D eigenvalue weighted by Crippen LogP contribution is 2.41. The number of rotatable bonds is 7. The number of aliphatic hydroxyl groups excluding tert-OH is 1. The van der Waals surface area contributed by atoms with Crippen molar-refractivity contribution >= 4 is 29.1 Å². The number of hydrogen-bond acceptors (Lipinski definition) is 5. The second kappa shape index (κ2) is 9.32. The predicted octanol–water partition coefficient (Wildman–Crippen LogP) is 3.72. The van der Waals surface area contributed by atoms with Gasteiger partial charge < -0.3 is 19.6 Å². The molecule has 0 spiro atoms. The van der Waals surface area contributed by atoms with E-state index in [1.165, 1.54) is 18.1 Å². The Morgan fingerprint density at radius 3 is 2.50 bits per heavy atom. The molecule has 1 fully saturated rings. The molecule has 0 aliphatic carbocycles. The van der Waals surface area contributed by atoms with E-state index < -0.39 is 17.7 Å². The molecule has 30 heavy (non-hydrogen) atoms. The molecule has 1 unspecified atom stereocenters. The monoisotopic (exact) mass is 428 g/mol. The summed E-state index contributed by atoms with van der Waals surface area (Å²) in [6.07, 6.45) is 0.698. The fourth-order valence-electron chi connectivity index (χ4n) is 3.66. The number of likely N-dealkylation sites (tertiary alicyclic amines) is 1. The van der Waals surface area contributed by atoms with Crippen molar-refractivity contribution in [1.82, 2.24) is 9.80 Å². The van der Waals surface area contributed by atoms with Gasteiger partial charge in [-0.15, -0.1) is 0 Å². The van der Waals surface area contributed by atoms with E-state index in [0.717, 1.165) is 12.1 Å². The summed E-state index contributed by atoms with van der Waals surface area (Å²) in [7, 11) is 5.37. The lowest BCUT2D eigenvalue weighted by molar-refractivity contribution is -0.139. The molecule has 0 aromatic heterocycles. The van der Waals surface area contributed by atoms with Crippen LogP contribution in [0.1, 0.15) is 23.6 Å². The maximum atomic E-state index is 13.0. The molecular weight excluding hydrogens is 404 g/mol. The molecular formula is C23H25ClN2O4. The van der Waals surface area contributed by atoms with Crippen LogP contribution < -0.4 is 4.74 Å². The van der Waals surface area contributed by atoms with Crippen LogP contribution in [-0.2, 0) is 9.59 Å². The van der Waals surface area contributed by atoms with Gasteiger partial charge in [-0.25, -0.2) is 0 Å². The number of benzene rings is 2. The quantitative estimate of drug-likeness (QED) is 0.413. The Balaban J connectivity index is 2.13. The van der Waals surface area contributed by atoms with Gasteiger partial charge in [0.2, 0.25) is 0 Å². The predicted molar refractivity (Wildman–Crippen MR) is 117 cm³/mol. The minimum atomic E-state index is -0.715. The Kier molecular flexibility index (Phi) is 6.80. The van der Waals surface area contributed by atoms with E-state index in [2.05, 4.69) is 0 Å². The third kappa shape index (κ3) is 4.35. The van der Waals surface area contributed by atoms with E-state index in [1.54, 1.807) is 12.1 Å². The summed E-state index contributed by atoms with van der Waals surface area (Å²) in [6, 6.07) is 13.3. The van der Waals surface area contributed by atoms with Gasteiger partial charge in [0.25, 0.3) is 11.7 Å². The van der Waals surface area contributed by atoms with Crippen LogP contribution in [0.5, 0.6) is 5.75 Å². The summed E-state index contributed by atoms with van der Waals surface area (Å²) in [5, 5.41) is 11.5. The van der Waals surface area contributed by atoms with Gasteiger partial charge in [-0.3, -0.25) is 9.59 Å². The van der Waals surface area contributed by atoms with E-state index in [1.807, 2.05) is 49.3 Å². The van der Waals surface area contributed by atoms with E-state index in [4.69, 9.17) is 16.3 Å². The number of ketones is 1. The van der Waals surface area contributed by atoms with Gasteiger partial charge in [0, 0.05) is 11.6 Å². The van der Waals surface area contributed by atoms with E-state index in [9.17, 15) is 14.7 Å². The second-order valence-electron chi connectivity index (χ2n) is 7.40. The van der Waals surface area contributed by atoms with Crippen molar-refractivity contribution in [3.8, 4) is 5.75 Å². The molecule has 0 radical (unpaired) electrons. The van der Waals surface area contributed by atoms with Crippen LogP contribution in [0.15, 0.2) is 54.1 Å². The zero-order chi connectivity index (χ0) is 21.8. The van der Waals surface area contributed by atoms with Crippen LogP contribution in [0, 0.1) is 0 Å². The lowest BCUT2D eigenvalue weighted by Crippen LogP contribution is -2.32. The first-order valence-corrected chi connectivity index (χ1v) is 10.0. The van der Waals surface area contributed by atoms with Gasteiger partial charge in [0.15, 0.2) is 0 Å². The Morgan fingerprint density at radius 1 is 1.17 bits per heavy atom. The maximum Gasteiger partial charge on any atom is 0.295 e. The Hall–Kier alpha value is -2.83. The first-order chi connectivity index (χ1) is 14.3. The summed E-state index contributed by atoms with van der Waals surface area (Å²) in [5.74, 6) is -1.27. The van der Waals surface area contributed by atoms with Gasteiger partial charge in [-0.1, -0.05) is 41.9 Å². The fourth-order valence-corrected chi connectivity index (χ4v) is 3.83. The summed E-state index contributed by atoms with van der Waals surface area (Å²) in [6.45, 7) is 1.17. The summed E-state index contributed by atoms with van der Waals surface area (Å²) >= 11 is 6.11. The number of aliphatic hydroxyl groups is 1. The number of Topliss-reactive ketones (excluding diaryl/α,β-unsaturated/α-hetero) is 1. The topological polar surface area (TPSA) is 70.1 Å². The molecule has 1 N–H and O–H groups in total. The highest BCUT2D eigenvalue weighted by Gasteiger charge is 2.46. The van der Waals surface area contributed by atoms with Crippen molar-refractivity contribution in [2.45, 2.75) is 12.5 Å². The largest absolute Gasteiger partial charge is 0.507 e. The molecule has 158 valence electrons. The third-order valence-electron chi connectivity index (χ3n) is 5.08. The summed E-state index contributed by atoms with van der Waals surface area (Å²) < 4.78 is 5.33. The molecule has 7 heteroatoms. The number of ether oxygens (including phenoxy) is 1. The van der Waals surface area contributed by atoms with E-state index in [-0.39, 0.29) is 16.9 Å². The van der Waals surface area contributed by atoms with Crippen molar-refractivity contribution in [3.05, 3.63) is 70.3 Å². The Morgan fingerprint density at radius 2 is 1.87 bits per heavy atom.